The molecule has 0 atom stereocenters. The van der Waals surface area contributed by atoms with Crippen LogP contribution in [0.2, 0.25) is 0 Å². The number of hydrogen-bond acceptors (Lipinski definition) is 5. The topological polar surface area (TPSA) is 84.9 Å². The Hall–Kier alpha value is -3.35. The van der Waals surface area contributed by atoms with Crippen molar-refractivity contribution in [2.24, 2.45) is 0 Å². The summed E-state index contributed by atoms with van der Waals surface area (Å²) in [5.74, 6) is 0.0115. The first kappa shape index (κ1) is 18.4. The Labute approximate surface area is 156 Å². The maximum Gasteiger partial charge on any atom is 0.338 e. The van der Waals surface area contributed by atoms with Crippen molar-refractivity contribution in [1.82, 2.24) is 10.2 Å². The monoisotopic (exact) mass is 368 g/mol. The predicted octanol–water partition coefficient (Wildman–Crippen LogP) is 2.28. The molecule has 2 aromatic carbocycles. The Morgan fingerprint density at radius 2 is 1.89 bits per heavy atom. The Morgan fingerprint density at radius 1 is 1.11 bits per heavy atom. The molecule has 1 N–H and O–H groups in total. The summed E-state index contributed by atoms with van der Waals surface area (Å²) in [5, 5.41) is 2.46. The number of ether oxygens (including phenoxy) is 2. The second-order valence-corrected chi connectivity index (χ2v) is 6.14. The van der Waals surface area contributed by atoms with Gasteiger partial charge >= 0.3 is 12.0 Å². The molecule has 1 aliphatic heterocycles. The smallest absolute Gasteiger partial charge is 0.338 e. The molecule has 7 nitrogen and oxygen atoms in total. The fourth-order valence-corrected chi connectivity index (χ4v) is 2.63. The van der Waals surface area contributed by atoms with Crippen LogP contribution in [0.5, 0.6) is 5.75 Å². The fraction of sp³-hybridized carbons (Fsp3) is 0.250. The minimum absolute atomic E-state index is 0.0217. The van der Waals surface area contributed by atoms with E-state index in [9.17, 15) is 14.4 Å². The third-order valence-corrected chi connectivity index (χ3v) is 4.04. The van der Waals surface area contributed by atoms with E-state index in [2.05, 4.69) is 5.32 Å². The number of urea groups is 1. The van der Waals surface area contributed by atoms with Gasteiger partial charge in [-0.25, -0.2) is 9.59 Å². The van der Waals surface area contributed by atoms with Crippen LogP contribution in [-0.4, -0.2) is 42.6 Å². The zero-order chi connectivity index (χ0) is 19.2. The Morgan fingerprint density at radius 3 is 2.56 bits per heavy atom. The third-order valence-electron chi connectivity index (χ3n) is 4.04. The van der Waals surface area contributed by atoms with Gasteiger partial charge in [0.2, 0.25) is 5.91 Å². The molecular formula is C20H20N2O5. The van der Waals surface area contributed by atoms with Crippen molar-refractivity contribution in [2.75, 3.05) is 19.8 Å². The summed E-state index contributed by atoms with van der Waals surface area (Å²) in [4.78, 5) is 36.3. The maximum absolute atomic E-state index is 12.1. The van der Waals surface area contributed by atoms with Crippen LogP contribution in [0.15, 0.2) is 48.5 Å². The maximum atomic E-state index is 12.1. The number of rotatable bonds is 7. The SMILES string of the molecule is Cc1cccc(OCCOC(=O)c2ccc(CN3C(=O)CNC3=O)cc2)c1. The van der Waals surface area contributed by atoms with Crippen LogP contribution in [0.4, 0.5) is 4.79 Å². The van der Waals surface area contributed by atoms with E-state index in [-0.39, 0.29) is 32.2 Å². The van der Waals surface area contributed by atoms with E-state index in [4.69, 9.17) is 9.47 Å². The first-order valence-corrected chi connectivity index (χ1v) is 8.56. The standard InChI is InChI=1S/C20H20N2O5/c1-14-3-2-4-17(11-14)26-9-10-27-19(24)16-7-5-15(6-8-16)13-22-18(23)12-21-20(22)25/h2-8,11H,9-10,12-13H2,1H3,(H,21,25). The van der Waals surface area contributed by atoms with Crippen LogP contribution in [-0.2, 0) is 16.1 Å². The van der Waals surface area contributed by atoms with Crippen molar-refractivity contribution in [3.8, 4) is 5.75 Å². The fourth-order valence-electron chi connectivity index (χ4n) is 2.63. The largest absolute Gasteiger partial charge is 0.490 e. The summed E-state index contributed by atoms with van der Waals surface area (Å²) in [5.41, 5.74) is 2.24. The minimum Gasteiger partial charge on any atom is -0.490 e. The molecule has 0 radical (unpaired) electrons. The highest BCUT2D eigenvalue weighted by molar-refractivity contribution is 6.01. The number of nitrogens with one attached hydrogen (secondary N) is 1. The van der Waals surface area contributed by atoms with Gasteiger partial charge < -0.3 is 14.8 Å². The molecule has 140 valence electrons. The number of carbonyl (C=O) groups is 3. The molecule has 1 fully saturated rings. The highest BCUT2D eigenvalue weighted by Crippen LogP contribution is 2.13. The number of hydrogen-bond donors (Lipinski definition) is 1. The van der Waals surface area contributed by atoms with Crippen molar-refractivity contribution in [3.05, 3.63) is 65.2 Å². The van der Waals surface area contributed by atoms with Crippen LogP contribution < -0.4 is 10.1 Å². The van der Waals surface area contributed by atoms with Crippen LogP contribution >= 0.6 is 0 Å². The number of aryl methyl sites for hydroxylation is 1. The zero-order valence-electron chi connectivity index (χ0n) is 14.9. The molecule has 1 saturated heterocycles. The lowest BCUT2D eigenvalue weighted by molar-refractivity contribution is -0.125. The van der Waals surface area contributed by atoms with Gasteiger partial charge in [0, 0.05) is 0 Å². The zero-order valence-corrected chi connectivity index (χ0v) is 14.9. The highest BCUT2D eigenvalue weighted by Gasteiger charge is 2.28. The molecular weight excluding hydrogens is 348 g/mol. The van der Waals surface area contributed by atoms with Gasteiger partial charge in [-0.15, -0.1) is 0 Å². The second-order valence-electron chi connectivity index (χ2n) is 6.14. The lowest BCUT2D eigenvalue weighted by Crippen LogP contribution is -2.30. The van der Waals surface area contributed by atoms with E-state index >= 15 is 0 Å². The number of imide groups is 1. The lowest BCUT2D eigenvalue weighted by Gasteiger charge is -2.12. The van der Waals surface area contributed by atoms with Gasteiger partial charge in [0.15, 0.2) is 0 Å². The molecule has 7 heteroatoms. The summed E-state index contributed by atoms with van der Waals surface area (Å²) in [6.07, 6.45) is 0. The van der Waals surface area contributed by atoms with Gasteiger partial charge in [-0.1, -0.05) is 24.3 Å². The summed E-state index contributed by atoms with van der Waals surface area (Å²) in [6.45, 7) is 2.57. The van der Waals surface area contributed by atoms with E-state index in [1.165, 1.54) is 0 Å². The Bertz CT molecular complexity index is 832. The van der Waals surface area contributed by atoms with Crippen molar-refractivity contribution in [1.29, 1.82) is 0 Å². The van der Waals surface area contributed by atoms with Crippen molar-refractivity contribution >= 4 is 17.9 Å². The average Bonchev–Trinajstić information content (AvgIpc) is 2.98. The summed E-state index contributed by atoms with van der Waals surface area (Å²) < 4.78 is 10.7. The van der Waals surface area contributed by atoms with Gasteiger partial charge in [-0.05, 0) is 42.3 Å². The highest BCUT2D eigenvalue weighted by atomic mass is 16.6. The van der Waals surface area contributed by atoms with E-state index in [0.29, 0.717) is 5.56 Å². The molecule has 0 saturated carbocycles. The molecule has 1 aliphatic rings. The molecule has 3 rings (SSSR count). The average molecular weight is 368 g/mol. The summed E-state index contributed by atoms with van der Waals surface area (Å²) in [6, 6.07) is 13.8. The third kappa shape index (κ3) is 4.84. The first-order valence-electron chi connectivity index (χ1n) is 8.56. The summed E-state index contributed by atoms with van der Waals surface area (Å²) >= 11 is 0. The predicted molar refractivity (Wildman–Crippen MR) is 97.3 cm³/mol. The van der Waals surface area contributed by atoms with E-state index in [0.717, 1.165) is 21.8 Å². The minimum atomic E-state index is -0.454. The molecule has 1 heterocycles. The number of carbonyl (C=O) groups excluding carboxylic acids is 3. The molecule has 0 unspecified atom stereocenters. The van der Waals surface area contributed by atoms with E-state index in [1.807, 2.05) is 31.2 Å². The second kappa shape index (κ2) is 8.35. The van der Waals surface area contributed by atoms with Crippen LogP contribution in [0.1, 0.15) is 21.5 Å². The van der Waals surface area contributed by atoms with Crippen LogP contribution in [0.25, 0.3) is 0 Å². The van der Waals surface area contributed by atoms with E-state index in [1.54, 1.807) is 24.3 Å². The Balaban J connectivity index is 1.46. The van der Waals surface area contributed by atoms with Crippen molar-refractivity contribution in [2.45, 2.75) is 13.5 Å². The van der Waals surface area contributed by atoms with Crippen molar-refractivity contribution < 1.29 is 23.9 Å². The molecule has 3 amide bonds. The number of amides is 3. The molecule has 0 bridgehead atoms. The summed E-state index contributed by atoms with van der Waals surface area (Å²) in [7, 11) is 0. The van der Waals surface area contributed by atoms with Gasteiger partial charge in [0.25, 0.3) is 0 Å². The molecule has 0 aliphatic carbocycles. The van der Waals surface area contributed by atoms with Gasteiger partial charge in [0.1, 0.15) is 19.0 Å². The molecule has 2 aromatic rings. The van der Waals surface area contributed by atoms with Gasteiger partial charge in [-0.2, -0.15) is 0 Å². The van der Waals surface area contributed by atoms with Crippen LogP contribution in [0, 0.1) is 6.92 Å². The quantitative estimate of drug-likeness (QED) is 0.460. The lowest BCUT2D eigenvalue weighted by atomic mass is 10.1. The molecule has 0 aromatic heterocycles. The van der Waals surface area contributed by atoms with Crippen molar-refractivity contribution in [3.63, 3.8) is 0 Å². The molecule has 27 heavy (non-hydrogen) atoms. The number of benzene rings is 2. The number of esters is 1. The van der Waals surface area contributed by atoms with Gasteiger partial charge in [-0.3, -0.25) is 9.69 Å². The van der Waals surface area contributed by atoms with E-state index < -0.39 is 12.0 Å². The van der Waals surface area contributed by atoms with Gasteiger partial charge in [0.05, 0.1) is 18.7 Å². The normalized spacial score (nSPS) is 13.4. The molecule has 0 spiro atoms. The van der Waals surface area contributed by atoms with Crippen LogP contribution in [0.3, 0.4) is 0 Å². The first-order chi connectivity index (χ1) is 13.0. The Kier molecular flexibility index (Phi) is 5.71. The number of nitrogens with zero attached hydrogens (tertiary/aromatic N) is 1.